The molecule has 0 heterocycles. The Morgan fingerprint density at radius 1 is 0.963 bits per heavy atom. The van der Waals surface area contributed by atoms with Crippen LogP contribution in [0.2, 0.25) is 0 Å². The summed E-state index contributed by atoms with van der Waals surface area (Å²) in [5.41, 5.74) is 5.51. The quantitative estimate of drug-likeness (QED) is 0.531. The summed E-state index contributed by atoms with van der Waals surface area (Å²) in [4.78, 5) is 21.9. The van der Waals surface area contributed by atoms with Gasteiger partial charge in [-0.15, -0.1) is 0 Å². The van der Waals surface area contributed by atoms with Crippen molar-refractivity contribution in [1.82, 2.24) is 0 Å². The molecule has 0 aliphatic carbocycles. The van der Waals surface area contributed by atoms with Gasteiger partial charge in [0.15, 0.2) is 0 Å². The van der Waals surface area contributed by atoms with E-state index in [0.717, 1.165) is 32.1 Å². The molecule has 0 fully saturated rings. The average Bonchev–Trinajstić information content (AvgIpc) is 2.56. The highest BCUT2D eigenvalue weighted by Crippen LogP contribution is 2.28. The molecule has 0 aliphatic rings. The highest BCUT2D eigenvalue weighted by molar-refractivity contribution is 5.73. The molecule has 1 aromatic carbocycles. The van der Waals surface area contributed by atoms with Crippen molar-refractivity contribution >= 4 is 12.4 Å². The van der Waals surface area contributed by atoms with E-state index in [1.807, 2.05) is 13.8 Å². The Balaban J connectivity index is 2.83. The third-order valence-corrected chi connectivity index (χ3v) is 5.86. The van der Waals surface area contributed by atoms with E-state index in [9.17, 15) is 14.7 Å². The molecule has 0 amide bonds. The van der Waals surface area contributed by atoms with Crippen LogP contribution in [0.1, 0.15) is 81.2 Å². The number of benzene rings is 1. The first-order valence-corrected chi connectivity index (χ1v) is 9.84. The van der Waals surface area contributed by atoms with Crippen molar-refractivity contribution in [1.29, 1.82) is 0 Å². The minimum atomic E-state index is -0.736. The molecular formula is C23H36O4. The maximum absolute atomic E-state index is 11.3. The highest BCUT2D eigenvalue weighted by Gasteiger charge is 2.26. The largest absolute Gasteiger partial charge is 0.481 e. The number of hydrogen-bond donors (Lipinski definition) is 1. The fraction of sp³-hybridized carbons (Fsp3) is 0.652. The van der Waals surface area contributed by atoms with Gasteiger partial charge in [-0.25, -0.2) is 0 Å². The zero-order chi connectivity index (χ0) is 20.8. The first-order chi connectivity index (χ1) is 12.4. The summed E-state index contributed by atoms with van der Waals surface area (Å²) in [6.07, 6.45) is 5.15. The number of carbonyl (C=O) groups is 2. The lowest BCUT2D eigenvalue weighted by Gasteiger charge is -2.23. The first-order valence-electron chi connectivity index (χ1n) is 9.84. The van der Waals surface area contributed by atoms with Gasteiger partial charge in [-0.3, -0.25) is 9.59 Å². The van der Waals surface area contributed by atoms with Crippen molar-refractivity contribution in [2.45, 2.75) is 92.6 Å². The van der Waals surface area contributed by atoms with Crippen molar-refractivity contribution in [2.24, 2.45) is 5.41 Å². The zero-order valence-corrected chi connectivity index (χ0v) is 18.1. The second-order valence-electron chi connectivity index (χ2n) is 8.94. The van der Waals surface area contributed by atoms with Gasteiger partial charge in [0.25, 0.3) is 6.47 Å². The van der Waals surface area contributed by atoms with E-state index in [1.54, 1.807) is 13.8 Å². The summed E-state index contributed by atoms with van der Waals surface area (Å²) in [7, 11) is 0. The van der Waals surface area contributed by atoms with Gasteiger partial charge in [-0.05, 0) is 115 Å². The molecule has 0 aliphatic heterocycles. The van der Waals surface area contributed by atoms with Crippen LogP contribution in [0.5, 0.6) is 0 Å². The van der Waals surface area contributed by atoms with E-state index in [1.165, 1.54) is 27.8 Å². The molecule has 0 spiro atoms. The van der Waals surface area contributed by atoms with Gasteiger partial charge in [0.2, 0.25) is 0 Å². The Bertz CT molecular complexity index is 671. The Labute approximate surface area is 164 Å². The first kappa shape index (κ1) is 23.2. The lowest BCUT2D eigenvalue weighted by molar-refractivity contribution is -0.147. The Hall–Kier alpha value is -1.84. The molecule has 0 bridgehead atoms. The average molecular weight is 377 g/mol. The lowest BCUT2D eigenvalue weighted by atomic mass is 9.84. The van der Waals surface area contributed by atoms with Crippen LogP contribution < -0.4 is 0 Å². The van der Waals surface area contributed by atoms with Crippen LogP contribution in [0.4, 0.5) is 0 Å². The number of aliphatic carboxylic acids is 1. The zero-order valence-electron chi connectivity index (χ0n) is 18.1. The molecular weight excluding hydrogens is 340 g/mol. The Morgan fingerprint density at radius 2 is 1.44 bits per heavy atom. The summed E-state index contributed by atoms with van der Waals surface area (Å²) >= 11 is 0. The molecule has 27 heavy (non-hydrogen) atoms. The number of carbonyl (C=O) groups excluding carboxylic acids is 1. The molecule has 4 heteroatoms. The van der Waals surface area contributed by atoms with Gasteiger partial charge in [-0.1, -0.05) is 6.07 Å². The molecule has 1 N–H and O–H groups in total. The van der Waals surface area contributed by atoms with Crippen LogP contribution in [-0.2, 0) is 27.2 Å². The van der Waals surface area contributed by atoms with E-state index >= 15 is 0 Å². The summed E-state index contributed by atoms with van der Waals surface area (Å²) in [6.45, 7) is 14.5. The molecule has 0 saturated carbocycles. The molecule has 1 aromatic rings. The number of aryl methyl sites for hydroxylation is 2. The topological polar surface area (TPSA) is 63.6 Å². The molecule has 0 unspecified atom stereocenters. The maximum atomic E-state index is 11.3. The predicted octanol–water partition coefficient (Wildman–Crippen LogP) is 5.32. The SMILES string of the molecule is Cc1c(CCCC(C)(C)OC=O)cc(CCCC(C)(C)C(=O)O)c(C)c1C. The second-order valence-corrected chi connectivity index (χ2v) is 8.94. The standard InChI is InChI=1S/C23H36O4/c1-16-17(2)19(10-8-12-22(4,5)21(25)26)14-20(18(16)3)11-9-13-23(6,7)27-15-24/h14-15H,8-13H2,1-7H3,(H,25,26). The number of carboxylic acid groups (broad SMARTS) is 1. The highest BCUT2D eigenvalue weighted by atomic mass is 16.5. The molecule has 0 aromatic heterocycles. The molecule has 1 rings (SSSR count). The van der Waals surface area contributed by atoms with E-state index in [2.05, 4.69) is 26.8 Å². The van der Waals surface area contributed by atoms with Gasteiger partial charge < -0.3 is 9.84 Å². The van der Waals surface area contributed by atoms with Crippen LogP contribution in [-0.4, -0.2) is 23.1 Å². The van der Waals surface area contributed by atoms with Gasteiger partial charge in [0, 0.05) is 0 Å². The van der Waals surface area contributed by atoms with Crippen molar-refractivity contribution in [3.8, 4) is 0 Å². The number of carboxylic acids is 1. The van der Waals surface area contributed by atoms with Crippen LogP contribution in [0.25, 0.3) is 0 Å². The molecule has 152 valence electrons. The molecule has 0 radical (unpaired) electrons. The summed E-state index contributed by atoms with van der Waals surface area (Å²) < 4.78 is 5.14. The second kappa shape index (κ2) is 9.38. The smallest absolute Gasteiger partial charge is 0.309 e. The predicted molar refractivity (Wildman–Crippen MR) is 109 cm³/mol. The fourth-order valence-electron chi connectivity index (χ4n) is 3.43. The van der Waals surface area contributed by atoms with E-state index in [-0.39, 0.29) is 0 Å². The number of ether oxygens (including phenoxy) is 1. The van der Waals surface area contributed by atoms with Gasteiger partial charge >= 0.3 is 5.97 Å². The van der Waals surface area contributed by atoms with Gasteiger partial charge in [-0.2, -0.15) is 0 Å². The lowest BCUT2D eigenvalue weighted by Crippen LogP contribution is -2.23. The van der Waals surface area contributed by atoms with Crippen LogP contribution >= 0.6 is 0 Å². The summed E-state index contributed by atoms with van der Waals surface area (Å²) in [6, 6.07) is 2.29. The van der Waals surface area contributed by atoms with Crippen LogP contribution in [0.15, 0.2) is 6.07 Å². The molecule has 4 nitrogen and oxygen atoms in total. The maximum Gasteiger partial charge on any atom is 0.309 e. The minimum absolute atomic E-state index is 0.430. The van der Waals surface area contributed by atoms with E-state index < -0.39 is 17.0 Å². The van der Waals surface area contributed by atoms with Crippen molar-refractivity contribution in [3.63, 3.8) is 0 Å². The normalized spacial score (nSPS) is 12.1. The Morgan fingerprint density at radius 3 is 1.89 bits per heavy atom. The fourth-order valence-corrected chi connectivity index (χ4v) is 3.43. The third kappa shape index (κ3) is 6.67. The third-order valence-electron chi connectivity index (χ3n) is 5.86. The summed E-state index contributed by atoms with van der Waals surface area (Å²) in [5, 5.41) is 9.29. The van der Waals surface area contributed by atoms with Crippen molar-refractivity contribution < 1.29 is 19.4 Å². The van der Waals surface area contributed by atoms with Gasteiger partial charge in [0.05, 0.1) is 5.41 Å². The van der Waals surface area contributed by atoms with E-state index in [4.69, 9.17) is 4.74 Å². The minimum Gasteiger partial charge on any atom is -0.481 e. The molecule has 0 atom stereocenters. The monoisotopic (exact) mass is 376 g/mol. The van der Waals surface area contributed by atoms with Crippen molar-refractivity contribution in [2.75, 3.05) is 0 Å². The Kier molecular flexibility index (Phi) is 8.06. The number of hydrogen-bond acceptors (Lipinski definition) is 3. The summed E-state index contributed by atoms with van der Waals surface area (Å²) in [5.74, 6) is -0.736. The number of rotatable bonds is 11. The van der Waals surface area contributed by atoms with Crippen LogP contribution in [0, 0.1) is 26.2 Å². The van der Waals surface area contributed by atoms with Crippen molar-refractivity contribution in [3.05, 3.63) is 33.9 Å². The van der Waals surface area contributed by atoms with Crippen LogP contribution in [0.3, 0.4) is 0 Å². The molecule has 0 saturated heterocycles. The van der Waals surface area contributed by atoms with Gasteiger partial charge in [0.1, 0.15) is 5.60 Å². The van der Waals surface area contributed by atoms with E-state index in [0.29, 0.717) is 12.9 Å².